The molecule has 0 saturated carbocycles. The monoisotopic (exact) mass is 515 g/mol. The van der Waals surface area contributed by atoms with E-state index in [1.807, 2.05) is 61.8 Å². The van der Waals surface area contributed by atoms with Crippen molar-refractivity contribution < 1.29 is 14.4 Å². The number of pyridine rings is 1. The van der Waals surface area contributed by atoms with Crippen LogP contribution >= 0.6 is 0 Å². The highest BCUT2D eigenvalue weighted by atomic mass is 19.1. The van der Waals surface area contributed by atoms with Crippen LogP contribution in [0.25, 0.3) is 49.9 Å². The van der Waals surface area contributed by atoms with Crippen LogP contribution in [-0.4, -0.2) is 4.57 Å². The second-order valence-electron chi connectivity index (χ2n) is 11.0. The van der Waals surface area contributed by atoms with Crippen molar-refractivity contribution in [3.8, 4) is 28.1 Å². The first-order valence-corrected chi connectivity index (χ1v) is 13.3. The quantitative estimate of drug-likeness (QED) is 0.209. The molecule has 0 fully saturated rings. The van der Waals surface area contributed by atoms with Gasteiger partial charge in [0, 0.05) is 39.6 Å². The van der Waals surface area contributed by atoms with Gasteiger partial charge in [0.05, 0.1) is 16.6 Å². The van der Waals surface area contributed by atoms with E-state index >= 15 is 4.39 Å². The highest BCUT2D eigenvalue weighted by Gasteiger charge is 2.30. The van der Waals surface area contributed by atoms with E-state index in [0.717, 1.165) is 38.8 Å². The van der Waals surface area contributed by atoms with Crippen LogP contribution in [-0.2, 0) is 19.8 Å². The van der Waals surface area contributed by atoms with Gasteiger partial charge in [0.1, 0.15) is 12.9 Å². The summed E-state index contributed by atoms with van der Waals surface area (Å²) in [5.74, 6) is -0.420. The zero-order valence-electron chi connectivity index (χ0n) is 26.5. The maximum Gasteiger partial charge on any atom is 0.214 e. The van der Waals surface area contributed by atoms with E-state index < -0.39 is 24.0 Å². The number of nitrogens with zero attached hydrogens (tertiary/aromatic N) is 2. The van der Waals surface area contributed by atoms with Crippen LogP contribution < -0.4 is 4.57 Å². The van der Waals surface area contributed by atoms with Crippen LogP contribution in [0.5, 0.6) is 0 Å². The molecule has 0 bridgehead atoms. The van der Waals surface area contributed by atoms with Gasteiger partial charge in [0.25, 0.3) is 0 Å². The first-order chi connectivity index (χ1) is 20.4. The number of aryl methyl sites for hydroxylation is 2. The van der Waals surface area contributed by atoms with Crippen molar-refractivity contribution in [3.63, 3.8) is 0 Å². The van der Waals surface area contributed by atoms with Gasteiger partial charge in [0.2, 0.25) is 5.69 Å². The number of halogens is 1. The number of hydrogen-bond donors (Lipinski definition) is 0. The van der Waals surface area contributed by atoms with Crippen molar-refractivity contribution in [1.29, 1.82) is 0 Å². The highest BCUT2D eigenvalue weighted by Crippen LogP contribution is 2.45. The van der Waals surface area contributed by atoms with Crippen LogP contribution in [0.2, 0.25) is 0 Å². The second kappa shape index (κ2) is 8.64. The first kappa shape index (κ1) is 19.8. The molecule has 1 aliphatic carbocycles. The minimum atomic E-state index is -1.95. The average Bonchev–Trinajstić information content (AvgIpc) is 3.36. The van der Waals surface area contributed by atoms with E-state index in [4.69, 9.17) is 5.48 Å². The third-order valence-corrected chi connectivity index (χ3v) is 7.78. The molecular weight excluding hydrogens is 479 g/mol. The summed E-state index contributed by atoms with van der Waals surface area (Å²) in [4.78, 5) is 0. The van der Waals surface area contributed by atoms with Crippen molar-refractivity contribution in [1.82, 2.24) is 4.57 Å². The van der Waals surface area contributed by atoms with E-state index in [1.165, 1.54) is 6.07 Å². The summed E-state index contributed by atoms with van der Waals surface area (Å²) in [5, 5.41) is 1.87. The molecular formula is C36H32FN2+. The first-order valence-electron chi connectivity index (χ1n) is 15.3. The Morgan fingerprint density at radius 2 is 1.49 bits per heavy atom. The smallest absolute Gasteiger partial charge is 0.214 e. The summed E-state index contributed by atoms with van der Waals surface area (Å²) in [6.45, 7) is 5.33. The fourth-order valence-corrected chi connectivity index (χ4v) is 6.10. The summed E-state index contributed by atoms with van der Waals surface area (Å²) in [7, 11) is 2.02. The van der Waals surface area contributed by atoms with Crippen molar-refractivity contribution >= 4 is 21.8 Å². The Hall–Kier alpha value is -4.24. The lowest BCUT2D eigenvalue weighted by molar-refractivity contribution is -0.660. The molecule has 0 aliphatic heterocycles. The van der Waals surface area contributed by atoms with E-state index in [9.17, 15) is 0 Å². The topological polar surface area (TPSA) is 8.81 Å². The maximum atomic E-state index is 16.3. The maximum absolute atomic E-state index is 16.3. The van der Waals surface area contributed by atoms with Gasteiger partial charge in [-0.05, 0) is 77.7 Å². The average molecular weight is 516 g/mol. The van der Waals surface area contributed by atoms with Crippen molar-refractivity contribution in [2.24, 2.45) is 12.5 Å². The van der Waals surface area contributed by atoms with Gasteiger partial charge in [-0.25, -0.2) is 8.96 Å². The Labute approximate surface area is 234 Å². The standard InChI is InChI=1S/C36H32FN2/c1-23-13-16-28-29-17-18-30(37)33(24-14-15-25-21-36(2,3)22-26(25)20-24)35(29)39(27-10-6-5-7-11-27)34(28)32(23)31-12-8-9-19-38(31)4/h5-20H,21-22H2,1-4H3/q+1/i21D2,22D2. The second-order valence-corrected chi connectivity index (χ2v) is 11.0. The Kier molecular flexibility index (Phi) is 4.38. The molecule has 39 heavy (non-hydrogen) atoms. The number of aromatic nitrogens is 2. The number of rotatable bonds is 3. The van der Waals surface area contributed by atoms with E-state index in [-0.39, 0.29) is 5.56 Å². The predicted octanol–water partition coefficient (Wildman–Crippen LogP) is 8.51. The van der Waals surface area contributed by atoms with Crippen LogP contribution in [0.3, 0.4) is 0 Å². The predicted molar refractivity (Wildman–Crippen MR) is 159 cm³/mol. The van der Waals surface area contributed by atoms with Crippen molar-refractivity contribution in [2.75, 3.05) is 0 Å². The third-order valence-electron chi connectivity index (χ3n) is 7.78. The SMILES string of the molecule is [2H]C1([2H])c2ccc(-c3c(F)ccc4c5ccc(C)c(-c6cccc[n+]6C)c5n(-c5ccccc5)c34)cc2C([2H])([2H])C1(C)C. The van der Waals surface area contributed by atoms with Crippen LogP contribution in [0.1, 0.15) is 36.0 Å². The lowest BCUT2D eigenvalue weighted by atomic mass is 9.90. The number of hydrogen-bond acceptors (Lipinski definition) is 0. The van der Waals surface area contributed by atoms with Gasteiger partial charge in [-0.2, -0.15) is 0 Å². The lowest BCUT2D eigenvalue weighted by Gasteiger charge is -2.15. The molecule has 2 nitrogen and oxygen atoms in total. The van der Waals surface area contributed by atoms with Gasteiger partial charge in [-0.15, -0.1) is 0 Å². The Balaban J connectivity index is 1.65. The molecule has 2 aromatic heterocycles. The molecule has 0 amide bonds. The van der Waals surface area contributed by atoms with Crippen LogP contribution in [0, 0.1) is 18.2 Å². The molecule has 1 aliphatic rings. The molecule has 0 radical (unpaired) electrons. The summed E-state index contributed by atoms with van der Waals surface area (Å²) in [6, 6.07) is 28.6. The van der Waals surface area contributed by atoms with Gasteiger partial charge in [-0.3, -0.25) is 0 Å². The van der Waals surface area contributed by atoms with Gasteiger partial charge in [0.15, 0.2) is 6.20 Å². The summed E-state index contributed by atoms with van der Waals surface area (Å²) in [6.07, 6.45) is -1.82. The number of benzene rings is 4. The zero-order chi connectivity index (χ0) is 30.5. The minimum Gasteiger partial charge on any atom is -0.308 e. The Bertz CT molecular complexity index is 2090. The Morgan fingerprint density at radius 3 is 2.26 bits per heavy atom. The third kappa shape index (κ3) is 3.71. The van der Waals surface area contributed by atoms with E-state index in [1.54, 1.807) is 32.0 Å². The van der Waals surface area contributed by atoms with Gasteiger partial charge in [-0.1, -0.05) is 62.4 Å². The lowest BCUT2D eigenvalue weighted by Crippen LogP contribution is -2.30. The molecule has 0 spiro atoms. The zero-order valence-corrected chi connectivity index (χ0v) is 22.5. The Morgan fingerprint density at radius 1 is 0.795 bits per heavy atom. The largest absolute Gasteiger partial charge is 0.308 e. The van der Waals surface area contributed by atoms with Crippen LogP contribution in [0.4, 0.5) is 4.39 Å². The molecule has 0 atom stereocenters. The molecule has 0 saturated heterocycles. The van der Waals surface area contributed by atoms with E-state index in [0.29, 0.717) is 22.2 Å². The van der Waals surface area contributed by atoms with Crippen LogP contribution in [0.15, 0.2) is 97.2 Å². The summed E-state index contributed by atoms with van der Waals surface area (Å²) < 4.78 is 56.0. The molecule has 0 N–H and O–H groups in total. The molecule has 0 unspecified atom stereocenters. The summed E-state index contributed by atoms with van der Waals surface area (Å²) >= 11 is 0. The fraction of sp³-hybridized carbons (Fsp3) is 0.194. The van der Waals surface area contributed by atoms with Gasteiger partial charge < -0.3 is 4.57 Å². The summed E-state index contributed by atoms with van der Waals surface area (Å²) in [5.41, 5.74) is 5.86. The number of fused-ring (bicyclic) bond motifs is 4. The molecule has 7 rings (SSSR count). The molecule has 2 heterocycles. The normalized spacial score (nSPS) is 18.4. The fourth-order valence-electron chi connectivity index (χ4n) is 6.10. The van der Waals surface area contributed by atoms with E-state index in [2.05, 4.69) is 34.3 Å². The van der Waals surface area contributed by atoms with Crippen molar-refractivity contribution in [3.05, 3.63) is 120 Å². The number of para-hydroxylation sites is 1. The molecule has 6 aromatic rings. The van der Waals surface area contributed by atoms with Gasteiger partial charge >= 0.3 is 0 Å². The molecule has 3 heteroatoms. The minimum absolute atomic E-state index is 0.270. The highest BCUT2D eigenvalue weighted by molar-refractivity contribution is 6.17. The molecule has 192 valence electrons. The van der Waals surface area contributed by atoms with Crippen molar-refractivity contribution in [2.45, 2.75) is 33.5 Å². The molecule has 4 aromatic carbocycles.